The largest absolute Gasteiger partial charge is 0.448 e. The molecule has 2 N–H and O–H groups in total. The van der Waals surface area contributed by atoms with Crippen molar-refractivity contribution in [3.05, 3.63) is 47.0 Å². The quantitative estimate of drug-likeness (QED) is 0.906. The van der Waals surface area contributed by atoms with Gasteiger partial charge in [-0.3, -0.25) is 4.79 Å². The number of aryl methyl sites for hydroxylation is 2. The molecule has 0 saturated carbocycles. The van der Waals surface area contributed by atoms with Gasteiger partial charge in [-0.15, -0.1) is 0 Å². The summed E-state index contributed by atoms with van der Waals surface area (Å²) in [7, 11) is 0. The van der Waals surface area contributed by atoms with Crippen LogP contribution < -0.4 is 5.32 Å². The van der Waals surface area contributed by atoms with E-state index in [1.54, 1.807) is 4.90 Å². The molecule has 2 aromatic rings. The van der Waals surface area contributed by atoms with E-state index >= 15 is 0 Å². The third kappa shape index (κ3) is 3.33. The first-order valence-electron chi connectivity index (χ1n) is 7.38. The number of rotatable bonds is 4. The van der Waals surface area contributed by atoms with Crippen molar-refractivity contribution in [2.45, 2.75) is 20.4 Å². The van der Waals surface area contributed by atoms with Gasteiger partial charge in [0.1, 0.15) is 18.1 Å². The Morgan fingerprint density at radius 2 is 2.09 bits per heavy atom. The maximum Gasteiger partial charge on any atom is 0.410 e. The van der Waals surface area contributed by atoms with Crippen LogP contribution in [0.5, 0.6) is 0 Å². The smallest absolute Gasteiger partial charge is 0.410 e. The van der Waals surface area contributed by atoms with E-state index in [0.29, 0.717) is 36.9 Å². The zero-order chi connectivity index (χ0) is 16.4. The number of nitrogens with one attached hydrogen (secondary N) is 2. The summed E-state index contributed by atoms with van der Waals surface area (Å²) in [5.41, 5.74) is 2.80. The fourth-order valence-electron chi connectivity index (χ4n) is 2.50. The number of aromatic nitrogens is 2. The van der Waals surface area contributed by atoms with E-state index in [1.165, 1.54) is 0 Å². The van der Waals surface area contributed by atoms with Crippen LogP contribution in [0.25, 0.3) is 0 Å². The van der Waals surface area contributed by atoms with Crippen molar-refractivity contribution in [3.8, 4) is 0 Å². The summed E-state index contributed by atoms with van der Waals surface area (Å²) < 4.78 is 4.90. The summed E-state index contributed by atoms with van der Waals surface area (Å²) in [5.74, 6) is 0.461. The molecule has 0 spiro atoms. The number of aromatic amines is 1. The lowest BCUT2D eigenvalue weighted by Crippen LogP contribution is -2.23. The molecule has 1 saturated heterocycles. The van der Waals surface area contributed by atoms with Gasteiger partial charge in [-0.05, 0) is 31.5 Å². The van der Waals surface area contributed by atoms with Crippen molar-refractivity contribution >= 4 is 17.7 Å². The lowest BCUT2D eigenvalue weighted by Gasteiger charge is -2.12. The van der Waals surface area contributed by atoms with Gasteiger partial charge in [0, 0.05) is 17.9 Å². The predicted molar refractivity (Wildman–Crippen MR) is 84.2 cm³/mol. The molecule has 7 nitrogen and oxygen atoms in total. The van der Waals surface area contributed by atoms with E-state index in [9.17, 15) is 9.59 Å². The van der Waals surface area contributed by atoms with E-state index in [-0.39, 0.29) is 12.0 Å². The lowest BCUT2D eigenvalue weighted by molar-refractivity contribution is 0.102. The van der Waals surface area contributed by atoms with E-state index in [0.717, 1.165) is 11.3 Å². The highest BCUT2D eigenvalue weighted by molar-refractivity contribution is 6.03. The standard InChI is InChI=1S/C16H18N4O3/c1-10-14(18-11(2)17-10)15(21)19-13-5-3-12(4-6-13)9-20-7-8-23-16(20)22/h3-6H,7-9H2,1-2H3,(H,17,18)(H,19,21). The van der Waals surface area contributed by atoms with E-state index in [1.807, 2.05) is 38.1 Å². The second-order valence-corrected chi connectivity index (χ2v) is 5.48. The second kappa shape index (κ2) is 6.12. The highest BCUT2D eigenvalue weighted by Crippen LogP contribution is 2.15. The molecule has 0 atom stereocenters. The van der Waals surface area contributed by atoms with Crippen molar-refractivity contribution in [3.63, 3.8) is 0 Å². The second-order valence-electron chi connectivity index (χ2n) is 5.48. The van der Waals surface area contributed by atoms with Gasteiger partial charge in [0.2, 0.25) is 0 Å². The molecule has 0 aliphatic carbocycles. The molecule has 120 valence electrons. The Morgan fingerprint density at radius 1 is 1.35 bits per heavy atom. The fourth-order valence-corrected chi connectivity index (χ4v) is 2.50. The molecule has 0 radical (unpaired) electrons. The third-order valence-electron chi connectivity index (χ3n) is 3.65. The molecular formula is C16H18N4O3. The normalized spacial score (nSPS) is 14.0. The first-order valence-corrected chi connectivity index (χ1v) is 7.38. The number of cyclic esters (lactones) is 1. The Bertz CT molecular complexity index is 736. The Kier molecular flexibility index (Phi) is 4.01. The maximum absolute atomic E-state index is 12.2. The summed E-state index contributed by atoms with van der Waals surface area (Å²) in [6.07, 6.45) is -0.285. The summed E-state index contributed by atoms with van der Waals surface area (Å²) in [6, 6.07) is 7.38. The van der Waals surface area contributed by atoms with Crippen LogP contribution in [0, 0.1) is 13.8 Å². The third-order valence-corrected chi connectivity index (χ3v) is 3.65. The van der Waals surface area contributed by atoms with Gasteiger partial charge < -0.3 is 19.9 Å². The maximum atomic E-state index is 12.2. The van der Waals surface area contributed by atoms with Crippen LogP contribution in [0.3, 0.4) is 0 Å². The molecule has 1 aliphatic rings. The minimum absolute atomic E-state index is 0.247. The van der Waals surface area contributed by atoms with Gasteiger partial charge >= 0.3 is 6.09 Å². The van der Waals surface area contributed by atoms with Crippen LogP contribution in [0.1, 0.15) is 27.6 Å². The van der Waals surface area contributed by atoms with E-state index < -0.39 is 0 Å². The van der Waals surface area contributed by atoms with Gasteiger partial charge in [-0.25, -0.2) is 9.78 Å². The number of hydrogen-bond acceptors (Lipinski definition) is 4. The summed E-state index contributed by atoms with van der Waals surface area (Å²) >= 11 is 0. The molecule has 0 bridgehead atoms. The Labute approximate surface area is 133 Å². The molecule has 0 unspecified atom stereocenters. The van der Waals surface area contributed by atoms with E-state index in [2.05, 4.69) is 15.3 Å². The highest BCUT2D eigenvalue weighted by Gasteiger charge is 2.21. The molecule has 23 heavy (non-hydrogen) atoms. The number of carbonyl (C=O) groups excluding carboxylic acids is 2. The van der Waals surface area contributed by atoms with Crippen molar-refractivity contribution in [1.82, 2.24) is 14.9 Å². The Morgan fingerprint density at radius 3 is 2.65 bits per heavy atom. The number of amides is 2. The molecule has 1 aromatic carbocycles. The molecule has 2 amide bonds. The van der Waals surface area contributed by atoms with Gasteiger partial charge in [-0.1, -0.05) is 12.1 Å². The molecular weight excluding hydrogens is 296 g/mol. The van der Waals surface area contributed by atoms with Gasteiger partial charge in [0.05, 0.1) is 6.54 Å². The fraction of sp³-hybridized carbons (Fsp3) is 0.312. The topological polar surface area (TPSA) is 87.3 Å². The van der Waals surface area contributed by atoms with Crippen LogP contribution in [0.4, 0.5) is 10.5 Å². The minimum atomic E-state index is -0.285. The molecule has 1 aromatic heterocycles. The number of hydrogen-bond donors (Lipinski definition) is 2. The number of imidazole rings is 1. The number of H-pyrrole nitrogens is 1. The van der Waals surface area contributed by atoms with Crippen LogP contribution in [-0.4, -0.2) is 40.0 Å². The van der Waals surface area contributed by atoms with Crippen molar-refractivity contribution in [2.24, 2.45) is 0 Å². The predicted octanol–water partition coefficient (Wildman–Crippen LogP) is 2.23. The zero-order valence-electron chi connectivity index (χ0n) is 13.0. The van der Waals surface area contributed by atoms with Gasteiger partial charge in [-0.2, -0.15) is 0 Å². The minimum Gasteiger partial charge on any atom is -0.448 e. The van der Waals surface area contributed by atoms with Crippen molar-refractivity contribution < 1.29 is 14.3 Å². The Hall–Kier alpha value is -2.83. The van der Waals surface area contributed by atoms with Crippen LogP contribution in [0.2, 0.25) is 0 Å². The number of ether oxygens (including phenoxy) is 1. The number of benzene rings is 1. The average Bonchev–Trinajstić information content (AvgIpc) is 3.07. The van der Waals surface area contributed by atoms with E-state index in [4.69, 9.17) is 4.74 Å². The van der Waals surface area contributed by atoms with Gasteiger partial charge in [0.25, 0.3) is 5.91 Å². The monoisotopic (exact) mass is 314 g/mol. The van der Waals surface area contributed by atoms with Crippen LogP contribution >= 0.6 is 0 Å². The lowest BCUT2D eigenvalue weighted by atomic mass is 10.2. The summed E-state index contributed by atoms with van der Waals surface area (Å²) in [4.78, 5) is 32.4. The first-order chi connectivity index (χ1) is 11.0. The molecule has 1 aliphatic heterocycles. The number of nitrogens with zero attached hydrogens (tertiary/aromatic N) is 2. The first kappa shape index (κ1) is 15.1. The van der Waals surface area contributed by atoms with Gasteiger partial charge in [0.15, 0.2) is 0 Å². The molecule has 2 heterocycles. The van der Waals surface area contributed by atoms with Crippen molar-refractivity contribution in [2.75, 3.05) is 18.5 Å². The SMILES string of the molecule is Cc1nc(C(=O)Nc2ccc(CN3CCOC3=O)cc2)c(C)[nH]1. The van der Waals surface area contributed by atoms with Crippen molar-refractivity contribution in [1.29, 1.82) is 0 Å². The average molecular weight is 314 g/mol. The summed E-state index contributed by atoms with van der Waals surface area (Å²) in [6.45, 7) is 5.17. The number of anilines is 1. The summed E-state index contributed by atoms with van der Waals surface area (Å²) in [5, 5.41) is 2.82. The number of carbonyl (C=O) groups is 2. The zero-order valence-corrected chi connectivity index (χ0v) is 13.0. The molecule has 1 fully saturated rings. The van der Waals surface area contributed by atoms with Crippen LogP contribution in [-0.2, 0) is 11.3 Å². The molecule has 3 rings (SSSR count). The highest BCUT2D eigenvalue weighted by atomic mass is 16.6. The van der Waals surface area contributed by atoms with Crippen LogP contribution in [0.15, 0.2) is 24.3 Å². The molecule has 7 heteroatoms. The Balaban J connectivity index is 1.64.